The molecule has 100 valence electrons. The molecule has 3 N–H and O–H groups in total. The first kappa shape index (κ1) is 14.7. The molecule has 2 rings (SSSR count). The van der Waals surface area contributed by atoms with E-state index in [2.05, 4.69) is 10.3 Å². The zero-order valence-electron chi connectivity index (χ0n) is 10.1. The summed E-state index contributed by atoms with van der Waals surface area (Å²) in [5, 5.41) is 2.75. The van der Waals surface area contributed by atoms with Gasteiger partial charge in [0, 0.05) is 31.2 Å². The largest absolute Gasteiger partial charge is 0.398 e. The Hall–Kier alpha value is -1.33. The molecule has 1 aliphatic rings. The van der Waals surface area contributed by atoms with E-state index in [0.717, 1.165) is 12.5 Å². The molecule has 0 unspecified atom stereocenters. The number of rotatable bonds is 6. The van der Waals surface area contributed by atoms with Crippen molar-refractivity contribution in [1.29, 1.82) is 0 Å². The summed E-state index contributed by atoms with van der Waals surface area (Å²) in [5.74, 6) is 0.547. The number of aromatic nitrogens is 1. The van der Waals surface area contributed by atoms with E-state index in [4.69, 9.17) is 10.5 Å². The lowest BCUT2D eigenvalue weighted by molar-refractivity contribution is 0.0907. The highest BCUT2D eigenvalue weighted by Crippen LogP contribution is 2.28. The average molecular weight is 272 g/mol. The average Bonchev–Trinajstić information content (AvgIpc) is 3.13. The van der Waals surface area contributed by atoms with Crippen LogP contribution in [0.1, 0.15) is 23.2 Å². The lowest BCUT2D eigenvalue weighted by Gasteiger charge is -2.07. The summed E-state index contributed by atoms with van der Waals surface area (Å²) in [7, 11) is 0. The standard InChI is InChI=1S/C12H17N3O2.ClH/c13-11-3-4-14-7-10(11)12(16)15-5-6-17-8-9-1-2-9;/h3-4,7,9H,1-2,5-6,8H2,(H2,13,14)(H,15,16);1H. The first-order chi connectivity index (χ1) is 8.27. The fourth-order valence-corrected chi connectivity index (χ4v) is 1.46. The van der Waals surface area contributed by atoms with E-state index < -0.39 is 0 Å². The third-order valence-corrected chi connectivity index (χ3v) is 2.68. The number of carbonyl (C=O) groups excluding carboxylic acids is 1. The summed E-state index contributed by atoms with van der Waals surface area (Å²) in [6.45, 7) is 1.85. The predicted octanol–water partition coefficient (Wildman–Crippen LogP) is 1.24. The van der Waals surface area contributed by atoms with Gasteiger partial charge in [0.2, 0.25) is 0 Å². The molecule has 0 bridgehead atoms. The molecule has 18 heavy (non-hydrogen) atoms. The number of halogens is 1. The molecule has 1 fully saturated rings. The summed E-state index contributed by atoms with van der Waals surface area (Å²) < 4.78 is 5.41. The van der Waals surface area contributed by atoms with Crippen LogP contribution in [0.2, 0.25) is 0 Å². The highest BCUT2D eigenvalue weighted by atomic mass is 35.5. The zero-order chi connectivity index (χ0) is 12.1. The van der Waals surface area contributed by atoms with Crippen LogP contribution in [0.5, 0.6) is 0 Å². The highest BCUT2D eigenvalue weighted by Gasteiger charge is 2.20. The molecule has 5 nitrogen and oxygen atoms in total. The minimum atomic E-state index is -0.203. The number of nitrogens with two attached hydrogens (primary N) is 1. The third-order valence-electron chi connectivity index (χ3n) is 2.68. The molecule has 1 aliphatic carbocycles. The Kier molecular flexibility index (Phi) is 5.88. The van der Waals surface area contributed by atoms with Crippen molar-refractivity contribution in [3.8, 4) is 0 Å². The minimum absolute atomic E-state index is 0. The van der Waals surface area contributed by atoms with Crippen LogP contribution < -0.4 is 11.1 Å². The molecule has 1 aromatic heterocycles. The van der Waals surface area contributed by atoms with E-state index in [9.17, 15) is 4.79 Å². The van der Waals surface area contributed by atoms with Gasteiger partial charge in [0.25, 0.3) is 5.91 Å². The van der Waals surface area contributed by atoms with Crippen LogP contribution in [0.15, 0.2) is 18.5 Å². The Morgan fingerprint density at radius 1 is 1.56 bits per heavy atom. The van der Waals surface area contributed by atoms with Crippen LogP contribution in [0.4, 0.5) is 5.69 Å². The summed E-state index contributed by atoms with van der Waals surface area (Å²) in [6, 6.07) is 1.61. The van der Waals surface area contributed by atoms with Gasteiger partial charge in [-0.05, 0) is 24.8 Å². The fourth-order valence-electron chi connectivity index (χ4n) is 1.46. The predicted molar refractivity (Wildman–Crippen MR) is 71.8 cm³/mol. The van der Waals surface area contributed by atoms with Crippen molar-refractivity contribution < 1.29 is 9.53 Å². The summed E-state index contributed by atoms with van der Waals surface area (Å²) in [4.78, 5) is 15.6. The van der Waals surface area contributed by atoms with Crippen molar-refractivity contribution in [2.45, 2.75) is 12.8 Å². The van der Waals surface area contributed by atoms with E-state index >= 15 is 0 Å². The number of carbonyl (C=O) groups is 1. The van der Waals surface area contributed by atoms with Gasteiger partial charge in [-0.3, -0.25) is 9.78 Å². The van der Waals surface area contributed by atoms with E-state index in [0.29, 0.717) is 24.4 Å². The molecular formula is C12H18ClN3O2. The maximum absolute atomic E-state index is 11.7. The van der Waals surface area contributed by atoms with Crippen LogP contribution in [0, 0.1) is 5.92 Å². The number of nitrogens with zero attached hydrogens (tertiary/aromatic N) is 1. The smallest absolute Gasteiger partial charge is 0.255 e. The van der Waals surface area contributed by atoms with Gasteiger partial charge < -0.3 is 15.8 Å². The lowest BCUT2D eigenvalue weighted by atomic mass is 10.2. The van der Waals surface area contributed by atoms with Crippen LogP contribution in [-0.2, 0) is 4.74 Å². The van der Waals surface area contributed by atoms with Gasteiger partial charge in [0.05, 0.1) is 12.2 Å². The molecule has 0 saturated heterocycles. The SMILES string of the molecule is Cl.Nc1ccncc1C(=O)NCCOCC1CC1. The van der Waals surface area contributed by atoms with Gasteiger partial charge in [0.15, 0.2) is 0 Å². The quantitative estimate of drug-likeness (QED) is 0.763. The lowest BCUT2D eigenvalue weighted by Crippen LogP contribution is -2.28. The van der Waals surface area contributed by atoms with E-state index in [-0.39, 0.29) is 18.3 Å². The second kappa shape index (κ2) is 7.18. The van der Waals surface area contributed by atoms with Crippen molar-refractivity contribution in [2.75, 3.05) is 25.5 Å². The molecule has 0 aromatic carbocycles. The summed E-state index contributed by atoms with van der Waals surface area (Å²) in [6.07, 6.45) is 5.58. The highest BCUT2D eigenvalue weighted by molar-refractivity contribution is 5.98. The normalized spacial score (nSPS) is 13.8. The maximum Gasteiger partial charge on any atom is 0.255 e. The molecule has 0 aliphatic heterocycles. The first-order valence-electron chi connectivity index (χ1n) is 5.83. The van der Waals surface area contributed by atoms with E-state index in [1.54, 1.807) is 12.3 Å². The molecule has 1 aromatic rings. The Labute approximate surface area is 113 Å². The molecule has 0 radical (unpaired) electrons. The number of hydrogen-bond acceptors (Lipinski definition) is 4. The summed E-state index contributed by atoms with van der Waals surface area (Å²) >= 11 is 0. The second-order valence-corrected chi connectivity index (χ2v) is 4.24. The number of pyridine rings is 1. The fraction of sp³-hybridized carbons (Fsp3) is 0.500. The number of hydrogen-bond donors (Lipinski definition) is 2. The van der Waals surface area contributed by atoms with Gasteiger partial charge in [0.1, 0.15) is 0 Å². The second-order valence-electron chi connectivity index (χ2n) is 4.24. The van der Waals surface area contributed by atoms with Gasteiger partial charge in [-0.15, -0.1) is 12.4 Å². The number of nitrogens with one attached hydrogen (secondary N) is 1. The topological polar surface area (TPSA) is 77.2 Å². The molecule has 1 amide bonds. The van der Waals surface area contributed by atoms with Gasteiger partial charge in [-0.2, -0.15) is 0 Å². The monoisotopic (exact) mass is 271 g/mol. The van der Waals surface area contributed by atoms with Crippen LogP contribution >= 0.6 is 12.4 Å². The first-order valence-corrected chi connectivity index (χ1v) is 5.83. The Morgan fingerprint density at radius 3 is 3.00 bits per heavy atom. The molecule has 0 atom stereocenters. The van der Waals surface area contributed by atoms with Gasteiger partial charge in [-0.25, -0.2) is 0 Å². The Balaban J connectivity index is 0.00000162. The number of nitrogen functional groups attached to an aromatic ring is 1. The van der Waals surface area contributed by atoms with Crippen molar-refractivity contribution in [3.05, 3.63) is 24.0 Å². The van der Waals surface area contributed by atoms with Crippen molar-refractivity contribution in [2.24, 2.45) is 5.92 Å². The molecular weight excluding hydrogens is 254 g/mol. The molecule has 1 heterocycles. The van der Waals surface area contributed by atoms with Crippen molar-refractivity contribution in [1.82, 2.24) is 10.3 Å². The van der Waals surface area contributed by atoms with Gasteiger partial charge in [-0.1, -0.05) is 0 Å². The van der Waals surface area contributed by atoms with Crippen molar-refractivity contribution >= 4 is 24.0 Å². The van der Waals surface area contributed by atoms with Crippen LogP contribution in [0.25, 0.3) is 0 Å². The number of anilines is 1. The van der Waals surface area contributed by atoms with Crippen LogP contribution in [-0.4, -0.2) is 30.6 Å². The zero-order valence-corrected chi connectivity index (χ0v) is 10.9. The van der Waals surface area contributed by atoms with Crippen LogP contribution in [0.3, 0.4) is 0 Å². The maximum atomic E-state index is 11.7. The molecule has 1 saturated carbocycles. The van der Waals surface area contributed by atoms with E-state index in [1.807, 2.05) is 0 Å². The summed E-state index contributed by atoms with van der Waals surface area (Å²) in [5.41, 5.74) is 6.52. The molecule has 0 spiro atoms. The minimum Gasteiger partial charge on any atom is -0.398 e. The number of amides is 1. The van der Waals surface area contributed by atoms with E-state index in [1.165, 1.54) is 19.0 Å². The third kappa shape index (κ3) is 4.50. The molecule has 6 heteroatoms. The van der Waals surface area contributed by atoms with Gasteiger partial charge >= 0.3 is 0 Å². The Bertz CT molecular complexity index is 397. The number of ether oxygens (including phenoxy) is 1. The Morgan fingerprint density at radius 2 is 2.33 bits per heavy atom. The van der Waals surface area contributed by atoms with Crippen molar-refractivity contribution in [3.63, 3.8) is 0 Å².